The number of benzene rings is 2. The number of nitro groups is 1. The number of ether oxygens (including phenoxy) is 3. The number of rotatable bonds is 8. The Hall–Kier alpha value is -4.19. The number of amides is 2. The molecule has 1 aliphatic rings. The molecule has 1 heterocycles. The molecule has 0 N–H and O–H groups in total. The lowest BCUT2D eigenvalue weighted by Crippen LogP contribution is -2.35. The summed E-state index contributed by atoms with van der Waals surface area (Å²) in [6.07, 6.45) is 1.07. The van der Waals surface area contributed by atoms with Gasteiger partial charge in [-0.25, -0.2) is 4.79 Å². The fraction of sp³-hybridized carbons (Fsp3) is 0.217. The second kappa shape index (κ2) is 10.8. The van der Waals surface area contributed by atoms with Crippen molar-refractivity contribution in [3.63, 3.8) is 0 Å². The largest absolute Gasteiger partial charge is 0.493 e. The van der Waals surface area contributed by atoms with Gasteiger partial charge in [0, 0.05) is 12.1 Å². The molecule has 182 valence electrons. The molecule has 2 amide bonds. The lowest BCUT2D eigenvalue weighted by atomic mass is 10.1. The van der Waals surface area contributed by atoms with Gasteiger partial charge in [0.25, 0.3) is 16.8 Å². The van der Waals surface area contributed by atoms with Crippen molar-refractivity contribution < 1.29 is 38.3 Å². The van der Waals surface area contributed by atoms with E-state index in [2.05, 4.69) is 0 Å². The van der Waals surface area contributed by atoms with E-state index in [1.54, 1.807) is 19.9 Å². The van der Waals surface area contributed by atoms with Gasteiger partial charge in [-0.05, 0) is 61.5 Å². The first-order valence-electron chi connectivity index (χ1n) is 10.2. The number of carbonyl (C=O) groups excluding carboxylic acids is 4. The van der Waals surface area contributed by atoms with Crippen LogP contribution in [0.2, 0.25) is 0 Å². The van der Waals surface area contributed by atoms with Crippen LogP contribution in [0.3, 0.4) is 0 Å². The van der Waals surface area contributed by atoms with Crippen LogP contribution in [0, 0.1) is 10.1 Å². The number of esters is 2. The zero-order valence-electron chi connectivity index (χ0n) is 18.9. The third-order valence-corrected chi connectivity index (χ3v) is 5.44. The molecular formula is C23H20N2O9S. The predicted molar refractivity (Wildman–Crippen MR) is 125 cm³/mol. The Morgan fingerprint density at radius 1 is 1.11 bits per heavy atom. The van der Waals surface area contributed by atoms with Crippen LogP contribution in [0.25, 0.3) is 6.08 Å². The van der Waals surface area contributed by atoms with Gasteiger partial charge in [-0.15, -0.1) is 0 Å². The van der Waals surface area contributed by atoms with Gasteiger partial charge >= 0.3 is 11.9 Å². The number of hydrogen-bond donors (Lipinski definition) is 0. The zero-order valence-corrected chi connectivity index (χ0v) is 19.7. The molecule has 0 bridgehead atoms. The summed E-state index contributed by atoms with van der Waals surface area (Å²) in [5.41, 5.74) is 0.420. The minimum absolute atomic E-state index is 0.0811. The molecule has 2 aromatic rings. The highest BCUT2D eigenvalue weighted by Crippen LogP contribution is 2.34. The molecular weight excluding hydrogens is 480 g/mol. The van der Waals surface area contributed by atoms with Gasteiger partial charge < -0.3 is 14.2 Å². The summed E-state index contributed by atoms with van der Waals surface area (Å²) in [5, 5.41) is 10.2. The highest BCUT2D eigenvalue weighted by molar-refractivity contribution is 8.18. The Balaban J connectivity index is 1.75. The van der Waals surface area contributed by atoms with Crippen LogP contribution in [0.1, 0.15) is 29.8 Å². The fourth-order valence-corrected chi connectivity index (χ4v) is 3.79. The number of carbonyl (C=O) groups is 4. The minimum atomic E-state index is -0.750. The summed E-state index contributed by atoms with van der Waals surface area (Å²) in [5.74, 6) is -1.82. The quantitative estimate of drug-likeness (QED) is 0.173. The molecule has 1 saturated heterocycles. The van der Waals surface area contributed by atoms with Crippen LogP contribution in [0.5, 0.6) is 11.5 Å². The van der Waals surface area contributed by atoms with Crippen molar-refractivity contribution >= 4 is 46.6 Å². The Morgan fingerprint density at radius 2 is 1.80 bits per heavy atom. The Labute approximate surface area is 203 Å². The average molecular weight is 500 g/mol. The van der Waals surface area contributed by atoms with Crippen molar-refractivity contribution in [2.45, 2.75) is 20.0 Å². The smallest absolute Gasteiger partial charge is 0.343 e. The summed E-state index contributed by atoms with van der Waals surface area (Å²) < 4.78 is 15.6. The molecule has 0 radical (unpaired) electrons. The number of nitro benzene ring substituents is 1. The summed E-state index contributed by atoms with van der Waals surface area (Å²) in [4.78, 5) is 60.1. The van der Waals surface area contributed by atoms with Gasteiger partial charge in [0.15, 0.2) is 11.5 Å². The van der Waals surface area contributed by atoms with Crippen LogP contribution in [-0.4, -0.2) is 52.7 Å². The van der Waals surface area contributed by atoms with Crippen molar-refractivity contribution in [1.82, 2.24) is 4.90 Å². The summed E-state index contributed by atoms with van der Waals surface area (Å²) in [7, 11) is 1.36. The lowest BCUT2D eigenvalue weighted by molar-refractivity contribution is -0.384. The molecule has 2 aromatic carbocycles. The second-order valence-electron chi connectivity index (χ2n) is 7.41. The highest BCUT2D eigenvalue weighted by atomic mass is 32.2. The molecule has 1 fully saturated rings. The maximum atomic E-state index is 12.6. The molecule has 1 aliphatic heterocycles. The lowest BCUT2D eigenvalue weighted by Gasteiger charge is -2.13. The Kier molecular flexibility index (Phi) is 7.87. The molecule has 35 heavy (non-hydrogen) atoms. The van der Waals surface area contributed by atoms with Gasteiger partial charge in [0.2, 0.25) is 0 Å². The van der Waals surface area contributed by atoms with Crippen LogP contribution >= 0.6 is 11.8 Å². The number of imide groups is 1. The van der Waals surface area contributed by atoms with Gasteiger partial charge in [0.05, 0.1) is 28.6 Å². The molecule has 0 unspecified atom stereocenters. The van der Waals surface area contributed by atoms with E-state index < -0.39 is 34.6 Å². The molecule has 12 heteroatoms. The van der Waals surface area contributed by atoms with Crippen molar-refractivity contribution in [3.8, 4) is 11.5 Å². The van der Waals surface area contributed by atoms with E-state index in [9.17, 15) is 29.3 Å². The van der Waals surface area contributed by atoms with Crippen LogP contribution in [-0.2, 0) is 14.3 Å². The van der Waals surface area contributed by atoms with Crippen molar-refractivity contribution in [1.29, 1.82) is 0 Å². The third-order valence-electron chi connectivity index (χ3n) is 4.53. The minimum Gasteiger partial charge on any atom is -0.493 e. The number of thioether (sulfide) groups is 1. The van der Waals surface area contributed by atoms with Gasteiger partial charge in [-0.3, -0.25) is 29.4 Å². The van der Waals surface area contributed by atoms with E-state index in [1.807, 2.05) is 0 Å². The van der Waals surface area contributed by atoms with E-state index in [-0.39, 0.29) is 33.8 Å². The molecule has 0 spiro atoms. The van der Waals surface area contributed by atoms with Crippen LogP contribution in [0.4, 0.5) is 10.5 Å². The molecule has 0 aromatic heterocycles. The number of nitrogens with zero attached hydrogens (tertiary/aromatic N) is 2. The van der Waals surface area contributed by atoms with Gasteiger partial charge in [-0.1, -0.05) is 6.07 Å². The number of non-ortho nitro benzene ring substituents is 1. The first kappa shape index (κ1) is 25.4. The molecule has 3 rings (SSSR count). The molecule has 0 saturated carbocycles. The highest BCUT2D eigenvalue weighted by Gasteiger charge is 2.36. The first-order chi connectivity index (χ1) is 16.6. The maximum Gasteiger partial charge on any atom is 0.343 e. The van der Waals surface area contributed by atoms with Crippen LogP contribution in [0.15, 0.2) is 47.4 Å². The van der Waals surface area contributed by atoms with Crippen molar-refractivity contribution in [2.24, 2.45) is 0 Å². The van der Waals surface area contributed by atoms with E-state index in [4.69, 9.17) is 14.2 Å². The van der Waals surface area contributed by atoms with E-state index in [1.165, 1.54) is 49.6 Å². The average Bonchev–Trinajstić information content (AvgIpc) is 3.06. The van der Waals surface area contributed by atoms with Crippen LogP contribution < -0.4 is 9.47 Å². The standard InChI is InChI=1S/C23H20N2O9S/c1-13(2)33-20(26)12-24-21(27)19(35-23(24)29)11-14-4-9-17(18(10-14)32-3)34-22(28)15-5-7-16(8-6-15)25(30)31/h4-11,13H,12H2,1-3H3/b19-11-. The normalized spacial score (nSPS) is 14.4. The second-order valence-corrected chi connectivity index (χ2v) is 8.40. The molecule has 0 atom stereocenters. The fourth-order valence-electron chi connectivity index (χ4n) is 2.95. The topological polar surface area (TPSA) is 142 Å². The maximum absolute atomic E-state index is 12.6. The zero-order chi connectivity index (χ0) is 25.7. The molecule has 0 aliphatic carbocycles. The van der Waals surface area contributed by atoms with E-state index in [0.717, 1.165) is 4.90 Å². The number of methoxy groups -OCH3 is 1. The SMILES string of the molecule is COc1cc(/C=C2\SC(=O)N(CC(=O)OC(C)C)C2=O)ccc1OC(=O)c1ccc([N+](=O)[O-])cc1. The van der Waals surface area contributed by atoms with E-state index >= 15 is 0 Å². The first-order valence-corrected chi connectivity index (χ1v) is 11.0. The Morgan fingerprint density at radius 3 is 2.40 bits per heavy atom. The monoisotopic (exact) mass is 500 g/mol. The van der Waals surface area contributed by atoms with Gasteiger partial charge in [0.1, 0.15) is 6.54 Å². The Bertz CT molecular complexity index is 1220. The van der Waals surface area contributed by atoms with Gasteiger partial charge in [-0.2, -0.15) is 0 Å². The third kappa shape index (κ3) is 6.23. The summed E-state index contributed by atoms with van der Waals surface area (Å²) >= 11 is 0.683. The van der Waals surface area contributed by atoms with Crippen molar-refractivity contribution in [2.75, 3.05) is 13.7 Å². The summed E-state index contributed by atoms with van der Waals surface area (Å²) in [6.45, 7) is 2.83. The summed E-state index contributed by atoms with van der Waals surface area (Å²) in [6, 6.07) is 9.40. The van der Waals surface area contributed by atoms with E-state index in [0.29, 0.717) is 17.3 Å². The number of hydrogen-bond acceptors (Lipinski definition) is 10. The van der Waals surface area contributed by atoms with Crippen molar-refractivity contribution in [3.05, 3.63) is 68.6 Å². The predicted octanol–water partition coefficient (Wildman–Crippen LogP) is 3.81. The molecule has 11 nitrogen and oxygen atoms in total.